The molecule has 4 nitrogen and oxygen atoms in total. The van der Waals surface area contributed by atoms with Gasteiger partial charge in [0.15, 0.2) is 0 Å². The normalized spacial score (nSPS) is 11.0. The van der Waals surface area contributed by atoms with Crippen LogP contribution < -0.4 is 10.9 Å². The highest BCUT2D eigenvalue weighted by Gasteiger charge is 1.98. The van der Waals surface area contributed by atoms with Crippen LogP contribution in [0.4, 0.5) is 0 Å². The predicted molar refractivity (Wildman–Crippen MR) is 101 cm³/mol. The van der Waals surface area contributed by atoms with E-state index >= 15 is 0 Å². The summed E-state index contributed by atoms with van der Waals surface area (Å²) in [6, 6.07) is 15.7. The average molecular weight is 334 g/mol. The summed E-state index contributed by atoms with van der Waals surface area (Å²) in [5, 5.41) is 0. The van der Waals surface area contributed by atoms with E-state index < -0.39 is 11.8 Å². The highest BCUT2D eigenvalue weighted by atomic mass is 16.2. The first-order valence-electron chi connectivity index (χ1n) is 8.18. The molecule has 0 saturated heterocycles. The van der Waals surface area contributed by atoms with Gasteiger partial charge in [-0.1, -0.05) is 61.0 Å². The molecule has 0 spiro atoms. The van der Waals surface area contributed by atoms with E-state index in [-0.39, 0.29) is 0 Å². The molecule has 4 heteroatoms. The fourth-order valence-electron chi connectivity index (χ4n) is 2.09. The highest BCUT2D eigenvalue weighted by molar-refractivity contribution is 5.96. The maximum Gasteiger partial charge on any atom is 0.262 e. The van der Waals surface area contributed by atoms with Gasteiger partial charge < -0.3 is 0 Å². The molecule has 0 heterocycles. The molecule has 0 aliphatic carbocycles. The number of nitrogens with one attached hydrogen (secondary N) is 2. The van der Waals surface area contributed by atoms with Crippen LogP contribution in [0.25, 0.3) is 12.2 Å². The molecule has 0 fully saturated rings. The summed E-state index contributed by atoms with van der Waals surface area (Å²) >= 11 is 0. The van der Waals surface area contributed by atoms with Gasteiger partial charge in [0.25, 0.3) is 11.8 Å². The lowest BCUT2D eigenvalue weighted by molar-refractivity contribution is -0.123. The van der Waals surface area contributed by atoms with Crippen molar-refractivity contribution in [2.75, 3.05) is 0 Å². The molecule has 2 aromatic carbocycles. The minimum atomic E-state index is -0.394. The van der Waals surface area contributed by atoms with Gasteiger partial charge in [0.1, 0.15) is 0 Å². The van der Waals surface area contributed by atoms with Crippen molar-refractivity contribution in [1.82, 2.24) is 10.9 Å². The molecule has 128 valence electrons. The van der Waals surface area contributed by atoms with E-state index in [2.05, 4.69) is 17.8 Å². The maximum atomic E-state index is 11.7. The average Bonchev–Trinajstić information content (AvgIpc) is 2.64. The Kier molecular flexibility index (Phi) is 6.72. The van der Waals surface area contributed by atoms with Crippen molar-refractivity contribution < 1.29 is 9.59 Å². The molecule has 0 aliphatic rings. The zero-order valence-corrected chi connectivity index (χ0v) is 14.5. The molecule has 0 aliphatic heterocycles. The Morgan fingerprint density at radius 3 is 1.68 bits per heavy atom. The Bertz CT molecular complexity index is 773. The zero-order valence-electron chi connectivity index (χ0n) is 14.5. The van der Waals surface area contributed by atoms with Crippen LogP contribution in [0, 0.1) is 6.92 Å². The van der Waals surface area contributed by atoms with Gasteiger partial charge in [-0.25, -0.2) is 0 Å². The largest absolute Gasteiger partial charge is 0.268 e. The summed E-state index contributed by atoms with van der Waals surface area (Å²) in [5.74, 6) is -0.786. The van der Waals surface area contributed by atoms with Gasteiger partial charge in [0, 0.05) is 12.2 Å². The summed E-state index contributed by atoms with van der Waals surface area (Å²) in [5.41, 5.74) is 8.94. The van der Waals surface area contributed by atoms with Gasteiger partial charge in [-0.2, -0.15) is 0 Å². The SMILES string of the molecule is CCc1ccc(/C=C/C(=O)NNC(=O)/C=C/c2ccc(C)cc2)cc1. The van der Waals surface area contributed by atoms with Crippen LogP contribution in [-0.2, 0) is 16.0 Å². The third-order valence-corrected chi connectivity index (χ3v) is 3.63. The summed E-state index contributed by atoms with van der Waals surface area (Å²) in [7, 11) is 0. The third-order valence-electron chi connectivity index (χ3n) is 3.63. The number of rotatable bonds is 5. The van der Waals surface area contributed by atoms with Crippen LogP contribution in [-0.4, -0.2) is 11.8 Å². The Balaban J connectivity index is 1.79. The van der Waals surface area contributed by atoms with Crippen molar-refractivity contribution in [3.8, 4) is 0 Å². The van der Waals surface area contributed by atoms with Gasteiger partial charge >= 0.3 is 0 Å². The quantitative estimate of drug-likeness (QED) is 0.650. The molecule has 0 unspecified atom stereocenters. The molecule has 0 atom stereocenters. The molecule has 2 N–H and O–H groups in total. The Morgan fingerprint density at radius 2 is 1.24 bits per heavy atom. The molecule has 0 aromatic heterocycles. The van der Waals surface area contributed by atoms with Crippen molar-refractivity contribution in [3.05, 3.63) is 82.9 Å². The topological polar surface area (TPSA) is 58.2 Å². The fourth-order valence-corrected chi connectivity index (χ4v) is 2.09. The molecule has 2 rings (SSSR count). The minimum absolute atomic E-state index is 0.392. The van der Waals surface area contributed by atoms with Crippen molar-refractivity contribution in [3.63, 3.8) is 0 Å². The van der Waals surface area contributed by atoms with Crippen molar-refractivity contribution in [2.45, 2.75) is 20.3 Å². The number of carbonyl (C=O) groups excluding carboxylic acids is 2. The van der Waals surface area contributed by atoms with Crippen LogP contribution in [0.15, 0.2) is 60.7 Å². The number of aryl methyl sites for hydroxylation is 2. The Labute approximate surface area is 148 Å². The van der Waals surface area contributed by atoms with E-state index in [0.717, 1.165) is 23.1 Å². The standard InChI is InChI=1S/C21H22N2O2/c1-3-17-8-10-19(11-9-17)13-15-21(25)23-22-20(24)14-12-18-6-4-16(2)5-7-18/h4-15H,3H2,1-2H3,(H,22,24)(H,23,25)/b14-12+,15-13+. The molecular formula is C21H22N2O2. The first-order chi connectivity index (χ1) is 12.1. The molecule has 2 aromatic rings. The summed E-state index contributed by atoms with van der Waals surface area (Å²) < 4.78 is 0. The fraction of sp³-hybridized carbons (Fsp3) is 0.143. The van der Waals surface area contributed by atoms with Crippen LogP contribution in [0.2, 0.25) is 0 Å². The number of hydrogen-bond donors (Lipinski definition) is 2. The van der Waals surface area contributed by atoms with Gasteiger partial charge in [-0.05, 0) is 42.2 Å². The summed E-state index contributed by atoms with van der Waals surface area (Å²) in [6.07, 6.45) is 7.12. The van der Waals surface area contributed by atoms with E-state index in [1.165, 1.54) is 17.7 Å². The first-order valence-corrected chi connectivity index (χ1v) is 8.18. The zero-order chi connectivity index (χ0) is 18.1. The third kappa shape index (κ3) is 6.47. The summed E-state index contributed by atoms with van der Waals surface area (Å²) in [6.45, 7) is 4.09. The number of hydrazine groups is 1. The molecule has 0 radical (unpaired) electrons. The van der Waals surface area contributed by atoms with Gasteiger partial charge in [-0.15, -0.1) is 0 Å². The Hall–Kier alpha value is -3.14. The lowest BCUT2D eigenvalue weighted by atomic mass is 10.1. The minimum Gasteiger partial charge on any atom is -0.268 e. The maximum absolute atomic E-state index is 11.7. The predicted octanol–water partition coefficient (Wildman–Crippen LogP) is 3.43. The number of carbonyl (C=O) groups is 2. The number of amides is 2. The van der Waals surface area contributed by atoms with E-state index in [1.54, 1.807) is 12.2 Å². The van der Waals surface area contributed by atoms with E-state index in [4.69, 9.17) is 0 Å². The van der Waals surface area contributed by atoms with Gasteiger partial charge in [0.05, 0.1) is 0 Å². The van der Waals surface area contributed by atoms with Crippen molar-refractivity contribution >= 4 is 24.0 Å². The number of hydrogen-bond acceptors (Lipinski definition) is 2. The lowest BCUT2D eigenvalue weighted by Crippen LogP contribution is -2.39. The van der Waals surface area contributed by atoms with Crippen molar-refractivity contribution in [1.29, 1.82) is 0 Å². The second-order valence-electron chi connectivity index (χ2n) is 5.65. The second-order valence-corrected chi connectivity index (χ2v) is 5.65. The Morgan fingerprint density at radius 1 is 0.800 bits per heavy atom. The van der Waals surface area contributed by atoms with Crippen LogP contribution in [0.1, 0.15) is 29.2 Å². The van der Waals surface area contributed by atoms with E-state index in [1.807, 2.05) is 55.5 Å². The number of benzene rings is 2. The smallest absolute Gasteiger partial charge is 0.262 e. The monoisotopic (exact) mass is 334 g/mol. The van der Waals surface area contributed by atoms with E-state index in [0.29, 0.717) is 0 Å². The second kappa shape index (κ2) is 9.23. The van der Waals surface area contributed by atoms with Crippen LogP contribution >= 0.6 is 0 Å². The van der Waals surface area contributed by atoms with Crippen molar-refractivity contribution in [2.24, 2.45) is 0 Å². The molecular weight excluding hydrogens is 312 g/mol. The summed E-state index contributed by atoms with van der Waals surface area (Å²) in [4.78, 5) is 23.4. The van der Waals surface area contributed by atoms with Gasteiger partial charge in [0.2, 0.25) is 0 Å². The molecule has 2 amide bonds. The van der Waals surface area contributed by atoms with Crippen LogP contribution in [0.5, 0.6) is 0 Å². The van der Waals surface area contributed by atoms with E-state index in [9.17, 15) is 9.59 Å². The molecule has 25 heavy (non-hydrogen) atoms. The molecule has 0 bridgehead atoms. The lowest BCUT2D eigenvalue weighted by Gasteiger charge is -2.02. The molecule has 0 saturated carbocycles. The first kappa shape index (κ1) is 18.2. The van der Waals surface area contributed by atoms with Crippen LogP contribution in [0.3, 0.4) is 0 Å². The highest BCUT2D eigenvalue weighted by Crippen LogP contribution is 2.06. The van der Waals surface area contributed by atoms with Gasteiger partial charge in [-0.3, -0.25) is 20.4 Å².